The van der Waals surface area contributed by atoms with Crippen LogP contribution in [0.5, 0.6) is 11.5 Å². The van der Waals surface area contributed by atoms with Crippen LogP contribution in [0.4, 0.5) is 8.78 Å². The first-order valence-corrected chi connectivity index (χ1v) is 9.12. The third-order valence-corrected chi connectivity index (χ3v) is 5.55. The Balaban J connectivity index is 1.32. The van der Waals surface area contributed by atoms with Gasteiger partial charge in [-0.15, -0.1) is 0 Å². The summed E-state index contributed by atoms with van der Waals surface area (Å²) in [5, 5.41) is 20.3. The molecule has 0 unspecified atom stereocenters. The van der Waals surface area contributed by atoms with Gasteiger partial charge >= 0.3 is 0 Å². The van der Waals surface area contributed by atoms with Crippen LogP contribution in [-0.2, 0) is 6.42 Å². The minimum atomic E-state index is -0.844. The Bertz CT molecular complexity index is 817. The van der Waals surface area contributed by atoms with Crippen molar-refractivity contribution in [2.24, 2.45) is 5.92 Å². The fourth-order valence-electron chi connectivity index (χ4n) is 4.23. The Labute approximate surface area is 156 Å². The zero-order valence-electron chi connectivity index (χ0n) is 14.8. The predicted octanol–water partition coefficient (Wildman–Crippen LogP) is 2.51. The lowest BCUT2D eigenvalue weighted by molar-refractivity contribution is 0.0217. The maximum atomic E-state index is 13.8. The summed E-state index contributed by atoms with van der Waals surface area (Å²) < 4.78 is 32.5. The van der Waals surface area contributed by atoms with Crippen molar-refractivity contribution >= 4 is 0 Å². The number of pyridine rings is 1. The van der Waals surface area contributed by atoms with E-state index in [4.69, 9.17) is 4.74 Å². The quantitative estimate of drug-likeness (QED) is 0.840. The Morgan fingerprint density at radius 3 is 2.81 bits per heavy atom. The molecule has 7 heteroatoms. The first-order chi connectivity index (χ1) is 12.9. The number of nitrogens with zero attached hydrogens (tertiary/aromatic N) is 2. The van der Waals surface area contributed by atoms with Crippen LogP contribution in [-0.4, -0.2) is 51.4 Å². The highest BCUT2D eigenvalue weighted by Gasteiger charge is 2.52. The standard InChI is InChI=1S/C20H22F2N2O3/c21-14-1-4-19(18(22)8-14)27-17-7-13-11-24(12-20(13,26)9-17)6-5-15-2-3-16(25)10-23-15/h1-4,8,10,13,17,25-26H,5-7,9,11-12H2/t13-,17+,20-/m0/s1. The van der Waals surface area contributed by atoms with Gasteiger partial charge < -0.3 is 14.9 Å². The van der Waals surface area contributed by atoms with Crippen molar-refractivity contribution in [2.75, 3.05) is 19.6 Å². The summed E-state index contributed by atoms with van der Waals surface area (Å²) in [6.07, 6.45) is 2.96. The van der Waals surface area contributed by atoms with Crippen molar-refractivity contribution in [1.82, 2.24) is 9.88 Å². The number of hydrogen-bond donors (Lipinski definition) is 2. The summed E-state index contributed by atoms with van der Waals surface area (Å²) in [5.74, 6) is -1.12. The van der Waals surface area contributed by atoms with E-state index in [0.29, 0.717) is 19.4 Å². The monoisotopic (exact) mass is 376 g/mol. The average molecular weight is 376 g/mol. The van der Waals surface area contributed by atoms with Gasteiger partial charge in [-0.25, -0.2) is 8.78 Å². The van der Waals surface area contributed by atoms with Crippen molar-refractivity contribution < 1.29 is 23.7 Å². The molecule has 2 N–H and O–H groups in total. The zero-order chi connectivity index (χ0) is 19.0. The van der Waals surface area contributed by atoms with Crippen molar-refractivity contribution in [1.29, 1.82) is 0 Å². The number of likely N-dealkylation sites (tertiary alicyclic amines) is 1. The van der Waals surface area contributed by atoms with Crippen LogP contribution in [0.1, 0.15) is 18.5 Å². The van der Waals surface area contributed by atoms with Crippen LogP contribution in [0.3, 0.4) is 0 Å². The van der Waals surface area contributed by atoms with Gasteiger partial charge in [0.05, 0.1) is 11.8 Å². The van der Waals surface area contributed by atoms with Crippen molar-refractivity contribution in [3.63, 3.8) is 0 Å². The first-order valence-electron chi connectivity index (χ1n) is 9.12. The summed E-state index contributed by atoms with van der Waals surface area (Å²) in [5.41, 5.74) is 0.0497. The molecule has 2 aliphatic rings. The van der Waals surface area contributed by atoms with E-state index in [0.717, 1.165) is 31.3 Å². The highest BCUT2D eigenvalue weighted by Crippen LogP contribution is 2.43. The molecule has 1 aliphatic carbocycles. The van der Waals surface area contributed by atoms with Crippen LogP contribution in [0, 0.1) is 17.6 Å². The maximum Gasteiger partial charge on any atom is 0.167 e. The molecule has 5 nitrogen and oxygen atoms in total. The molecular formula is C20H22F2N2O3. The van der Waals surface area contributed by atoms with Crippen LogP contribution < -0.4 is 4.74 Å². The molecule has 144 valence electrons. The number of aromatic nitrogens is 1. The topological polar surface area (TPSA) is 65.8 Å². The van der Waals surface area contributed by atoms with Crippen molar-refractivity contribution in [3.05, 3.63) is 53.9 Å². The number of aliphatic hydroxyl groups is 1. The zero-order valence-corrected chi connectivity index (χ0v) is 14.8. The molecule has 1 aromatic heterocycles. The summed E-state index contributed by atoms with van der Waals surface area (Å²) >= 11 is 0. The lowest BCUT2D eigenvalue weighted by atomic mass is 9.95. The highest BCUT2D eigenvalue weighted by molar-refractivity contribution is 5.25. The molecule has 1 aromatic carbocycles. The Morgan fingerprint density at radius 2 is 2.11 bits per heavy atom. The minimum absolute atomic E-state index is 0.0280. The Hall–Kier alpha value is -2.25. The van der Waals surface area contributed by atoms with Gasteiger partial charge in [-0.2, -0.15) is 0 Å². The second-order valence-electron chi connectivity index (χ2n) is 7.55. The number of benzene rings is 1. The van der Waals surface area contributed by atoms with Gasteiger partial charge in [0.15, 0.2) is 11.6 Å². The van der Waals surface area contributed by atoms with Gasteiger partial charge in [0.2, 0.25) is 0 Å². The summed E-state index contributed by atoms with van der Waals surface area (Å²) in [6, 6.07) is 6.67. The van der Waals surface area contributed by atoms with E-state index < -0.39 is 17.2 Å². The van der Waals surface area contributed by atoms with Gasteiger partial charge in [0.1, 0.15) is 17.7 Å². The van der Waals surface area contributed by atoms with E-state index in [1.807, 2.05) is 0 Å². The number of aromatic hydroxyl groups is 1. The van der Waals surface area contributed by atoms with Gasteiger partial charge in [-0.1, -0.05) is 0 Å². The molecule has 4 rings (SSSR count). The van der Waals surface area contributed by atoms with Gasteiger partial charge in [0.25, 0.3) is 0 Å². The summed E-state index contributed by atoms with van der Waals surface area (Å²) in [6.45, 7) is 2.07. The second-order valence-corrected chi connectivity index (χ2v) is 7.55. The number of β-amino-alcohol motifs (C(OH)–C–C–N with tert-alkyl or cyclic N) is 1. The number of ether oxygens (including phenoxy) is 1. The van der Waals surface area contributed by atoms with E-state index in [1.54, 1.807) is 12.1 Å². The van der Waals surface area contributed by atoms with Gasteiger partial charge in [-0.3, -0.25) is 9.88 Å². The molecule has 2 aromatic rings. The average Bonchev–Trinajstić information content (AvgIpc) is 3.07. The molecule has 27 heavy (non-hydrogen) atoms. The third kappa shape index (κ3) is 3.89. The molecule has 0 radical (unpaired) electrons. The van der Waals surface area contributed by atoms with E-state index in [1.165, 1.54) is 18.3 Å². The summed E-state index contributed by atoms with van der Waals surface area (Å²) in [7, 11) is 0. The fraction of sp³-hybridized carbons (Fsp3) is 0.450. The molecule has 3 atom stereocenters. The van der Waals surface area contributed by atoms with Crippen molar-refractivity contribution in [3.8, 4) is 11.5 Å². The Morgan fingerprint density at radius 1 is 1.26 bits per heavy atom. The Kier molecular flexibility index (Phi) is 4.74. The van der Waals surface area contributed by atoms with E-state index in [2.05, 4.69) is 9.88 Å². The van der Waals surface area contributed by atoms with E-state index >= 15 is 0 Å². The molecular weight excluding hydrogens is 354 g/mol. The smallest absolute Gasteiger partial charge is 0.167 e. The van der Waals surface area contributed by atoms with Gasteiger partial charge in [-0.05, 0) is 30.7 Å². The molecule has 1 aliphatic heterocycles. The lowest BCUT2D eigenvalue weighted by Crippen LogP contribution is -2.36. The molecule has 1 saturated carbocycles. The van der Waals surface area contributed by atoms with Crippen LogP contribution in [0.2, 0.25) is 0 Å². The predicted molar refractivity (Wildman–Crippen MR) is 94.5 cm³/mol. The molecule has 1 saturated heterocycles. The molecule has 0 spiro atoms. The molecule has 2 heterocycles. The molecule has 2 fully saturated rings. The molecule has 0 amide bonds. The normalized spacial score (nSPS) is 27.7. The second kappa shape index (κ2) is 7.05. The largest absolute Gasteiger partial charge is 0.506 e. The van der Waals surface area contributed by atoms with Crippen LogP contribution in [0.15, 0.2) is 36.5 Å². The minimum Gasteiger partial charge on any atom is -0.506 e. The van der Waals surface area contributed by atoms with E-state index in [9.17, 15) is 19.0 Å². The van der Waals surface area contributed by atoms with E-state index in [-0.39, 0.29) is 23.5 Å². The summed E-state index contributed by atoms with van der Waals surface area (Å²) in [4.78, 5) is 6.38. The van der Waals surface area contributed by atoms with Crippen LogP contribution >= 0.6 is 0 Å². The lowest BCUT2D eigenvalue weighted by Gasteiger charge is -2.23. The van der Waals surface area contributed by atoms with Gasteiger partial charge in [0, 0.05) is 50.2 Å². The molecule has 0 bridgehead atoms. The number of rotatable bonds is 5. The van der Waals surface area contributed by atoms with Crippen molar-refractivity contribution in [2.45, 2.75) is 31.0 Å². The highest BCUT2D eigenvalue weighted by atomic mass is 19.1. The number of hydrogen-bond acceptors (Lipinski definition) is 5. The first kappa shape index (κ1) is 18.1. The number of halogens is 2. The van der Waals surface area contributed by atoms with Crippen LogP contribution in [0.25, 0.3) is 0 Å². The number of fused-ring (bicyclic) bond motifs is 1. The third-order valence-electron chi connectivity index (χ3n) is 5.55. The maximum absolute atomic E-state index is 13.8. The fourth-order valence-corrected chi connectivity index (χ4v) is 4.23. The SMILES string of the molecule is Oc1ccc(CCN2C[C@@H]3C[C@@H](Oc4ccc(F)cc4F)C[C@]3(O)C2)nc1.